The van der Waals surface area contributed by atoms with Crippen LogP contribution in [0.4, 0.5) is 15.5 Å². The van der Waals surface area contributed by atoms with Gasteiger partial charge in [0.05, 0.1) is 30.0 Å². The summed E-state index contributed by atoms with van der Waals surface area (Å²) in [6.07, 6.45) is 1.55. The molecule has 2 unspecified atom stereocenters. The predicted octanol–water partition coefficient (Wildman–Crippen LogP) is 6.18. The number of fused-ring (bicyclic) bond motifs is 2. The average Bonchev–Trinajstić information content (AvgIpc) is 3.50. The van der Waals surface area contributed by atoms with Crippen LogP contribution in [-0.4, -0.2) is 60.8 Å². The van der Waals surface area contributed by atoms with Gasteiger partial charge >= 0.3 is 0 Å². The van der Waals surface area contributed by atoms with Gasteiger partial charge in [-0.25, -0.2) is 0 Å². The van der Waals surface area contributed by atoms with Crippen molar-refractivity contribution >= 4 is 25.7 Å². The summed E-state index contributed by atoms with van der Waals surface area (Å²) in [6.45, 7) is 5.80. The molecule has 236 valence electrons. The van der Waals surface area contributed by atoms with Crippen molar-refractivity contribution in [2.24, 2.45) is 5.92 Å². The lowest BCUT2D eigenvalue weighted by molar-refractivity contribution is -0.120. The fourth-order valence-electron chi connectivity index (χ4n) is 6.70. The first-order chi connectivity index (χ1) is 21.7. The number of amides is 1. The highest BCUT2D eigenvalue weighted by Gasteiger charge is 2.47. The number of hydrogen-bond donors (Lipinski definition) is 1. The molecule has 0 fully saturated rings. The topological polar surface area (TPSA) is 98.9 Å². The van der Waals surface area contributed by atoms with Crippen LogP contribution in [0.5, 0.6) is 11.5 Å². The zero-order chi connectivity index (χ0) is 31.7. The number of benzene rings is 3. The van der Waals surface area contributed by atoms with Crippen LogP contribution >= 0.6 is 0 Å². The second-order valence-electron chi connectivity index (χ2n) is 12.3. The molecule has 2 aliphatic heterocycles. The molecule has 45 heavy (non-hydrogen) atoms. The molecule has 9 nitrogen and oxygen atoms in total. The third kappa shape index (κ3) is 6.12. The SMILES string of the molecule is CO[C@@H]1c2cc(N3C(=O)COc4ccccc43)ccc2O[C@H](C(CCn2cc(C(CO)c3ccccc3)nn2)[Si](C)(C)F)[C@H]1C. The molecule has 0 saturated heterocycles. The molecule has 4 aromatic rings. The monoisotopic (exact) mass is 630 g/mol. The van der Waals surface area contributed by atoms with E-state index in [1.54, 1.807) is 29.8 Å². The molecule has 0 saturated carbocycles. The van der Waals surface area contributed by atoms with Crippen molar-refractivity contribution in [3.8, 4) is 11.5 Å². The van der Waals surface area contributed by atoms with E-state index in [-0.39, 0.29) is 42.6 Å². The Morgan fingerprint density at radius 2 is 1.84 bits per heavy atom. The summed E-state index contributed by atoms with van der Waals surface area (Å²) in [5, 5.41) is 18.7. The van der Waals surface area contributed by atoms with Crippen LogP contribution in [0.25, 0.3) is 0 Å². The van der Waals surface area contributed by atoms with Crippen LogP contribution < -0.4 is 14.4 Å². The van der Waals surface area contributed by atoms with Crippen molar-refractivity contribution in [1.82, 2.24) is 15.0 Å². The van der Waals surface area contributed by atoms with Gasteiger partial charge in [-0.15, -0.1) is 5.10 Å². The molecular weight excluding hydrogens is 591 g/mol. The number of aryl methyl sites for hydroxylation is 1. The first kappa shape index (κ1) is 30.9. The number of nitrogens with zero attached hydrogens (tertiary/aromatic N) is 4. The molecule has 1 N–H and O–H groups in total. The fourth-order valence-corrected chi connectivity index (χ4v) is 8.66. The Kier molecular flexibility index (Phi) is 8.76. The number of carbonyl (C=O) groups is 1. The normalized spacial score (nSPS) is 20.9. The van der Waals surface area contributed by atoms with Gasteiger partial charge in [-0.1, -0.05) is 54.6 Å². The van der Waals surface area contributed by atoms with Crippen LogP contribution in [0.1, 0.15) is 42.2 Å². The molecule has 1 aromatic heterocycles. The number of anilines is 2. The highest BCUT2D eigenvalue weighted by Crippen LogP contribution is 2.49. The fraction of sp³-hybridized carbons (Fsp3) is 0.382. The minimum absolute atomic E-state index is 0.0468. The van der Waals surface area contributed by atoms with Crippen molar-refractivity contribution < 1.29 is 28.2 Å². The maximum absolute atomic E-state index is 16.1. The predicted molar refractivity (Wildman–Crippen MR) is 171 cm³/mol. The summed E-state index contributed by atoms with van der Waals surface area (Å²) >= 11 is 0. The number of aliphatic hydroxyl groups excluding tert-OH is 1. The Morgan fingerprint density at radius 3 is 2.58 bits per heavy atom. The quantitative estimate of drug-likeness (QED) is 0.165. The molecule has 3 aromatic carbocycles. The lowest BCUT2D eigenvalue weighted by Gasteiger charge is -2.43. The summed E-state index contributed by atoms with van der Waals surface area (Å²) < 4.78 is 36.1. The van der Waals surface area contributed by atoms with Gasteiger partial charge < -0.3 is 23.4 Å². The maximum atomic E-state index is 16.1. The number of methoxy groups -OCH3 is 1. The van der Waals surface area contributed by atoms with Crippen molar-refractivity contribution in [2.45, 2.75) is 56.7 Å². The minimum atomic E-state index is -3.24. The number of hydrogen-bond acceptors (Lipinski definition) is 7. The van der Waals surface area contributed by atoms with E-state index < -0.39 is 14.5 Å². The zero-order valence-corrected chi connectivity index (χ0v) is 27.0. The Hall–Kier alpha value is -4.06. The van der Waals surface area contributed by atoms with Gasteiger partial charge in [0, 0.05) is 42.6 Å². The number of aromatic nitrogens is 3. The Bertz CT molecular complexity index is 1650. The van der Waals surface area contributed by atoms with E-state index in [1.165, 1.54) is 0 Å². The lowest BCUT2D eigenvalue weighted by Crippen LogP contribution is -2.46. The van der Waals surface area contributed by atoms with Gasteiger partial charge in [-0.3, -0.25) is 14.4 Å². The molecule has 0 spiro atoms. The summed E-state index contributed by atoms with van der Waals surface area (Å²) in [4.78, 5) is 14.6. The Morgan fingerprint density at radius 1 is 1.09 bits per heavy atom. The van der Waals surface area contributed by atoms with E-state index in [4.69, 9.17) is 14.2 Å². The van der Waals surface area contributed by atoms with E-state index in [1.807, 2.05) is 85.9 Å². The number of carbonyl (C=O) groups excluding carboxylic acids is 1. The number of rotatable bonds is 10. The van der Waals surface area contributed by atoms with Gasteiger partial charge in [-0.2, -0.15) is 0 Å². The standard InChI is InChI=1S/C34H39FN4O5Si/c1-22-33(42-2)25-18-24(39-28-12-8-9-13-30(28)43-21-32(39)41)14-15-29(25)44-34(22)31(45(3,4)35)16-17-38-19-27(36-37-38)26(20-40)23-10-6-5-7-11-23/h5-15,18-19,22,26,31,33-34,40H,16-17,20-21H2,1-4H3/t22-,26?,31?,33-,34-/m0/s1. The maximum Gasteiger partial charge on any atom is 0.269 e. The summed E-state index contributed by atoms with van der Waals surface area (Å²) in [7, 11) is -1.59. The van der Waals surface area contributed by atoms with E-state index >= 15 is 4.11 Å². The lowest BCUT2D eigenvalue weighted by atomic mass is 9.86. The van der Waals surface area contributed by atoms with E-state index in [0.717, 1.165) is 11.1 Å². The molecule has 2 aliphatic rings. The third-order valence-corrected chi connectivity index (χ3v) is 11.4. The Labute approximate surface area is 263 Å². The second-order valence-corrected chi connectivity index (χ2v) is 16.2. The van der Waals surface area contributed by atoms with Crippen LogP contribution in [0, 0.1) is 5.92 Å². The molecule has 11 heteroatoms. The molecule has 0 aliphatic carbocycles. The molecule has 6 rings (SSSR count). The van der Waals surface area contributed by atoms with Gasteiger partial charge in [0.1, 0.15) is 17.6 Å². The van der Waals surface area contributed by atoms with Crippen molar-refractivity contribution in [3.63, 3.8) is 0 Å². The summed E-state index contributed by atoms with van der Waals surface area (Å²) in [5.41, 5.74) is 3.47. The summed E-state index contributed by atoms with van der Waals surface area (Å²) in [6, 6.07) is 22.8. The molecule has 0 radical (unpaired) electrons. The first-order valence-corrected chi connectivity index (χ1v) is 18.3. The Balaban J connectivity index is 1.24. The molecule has 1 amide bonds. The van der Waals surface area contributed by atoms with Crippen LogP contribution in [0.2, 0.25) is 18.6 Å². The highest BCUT2D eigenvalue weighted by atomic mass is 28.4. The van der Waals surface area contributed by atoms with Crippen molar-refractivity contribution in [1.29, 1.82) is 0 Å². The van der Waals surface area contributed by atoms with E-state index in [2.05, 4.69) is 10.3 Å². The zero-order valence-electron chi connectivity index (χ0n) is 26.0. The number of ether oxygens (including phenoxy) is 3. The third-order valence-electron chi connectivity index (χ3n) is 9.02. The van der Waals surface area contributed by atoms with Crippen LogP contribution in [0.15, 0.2) is 79.0 Å². The minimum Gasteiger partial charge on any atom is -0.490 e. The number of aliphatic hydroxyl groups is 1. The van der Waals surface area contributed by atoms with Gasteiger partial charge in [0.25, 0.3) is 5.91 Å². The molecular formula is C34H39FN4O5Si. The number of para-hydroxylation sites is 2. The van der Waals surface area contributed by atoms with Crippen molar-refractivity contribution in [3.05, 3.63) is 95.8 Å². The second kappa shape index (κ2) is 12.7. The molecule has 0 bridgehead atoms. The van der Waals surface area contributed by atoms with E-state index in [9.17, 15) is 9.90 Å². The first-order valence-electron chi connectivity index (χ1n) is 15.3. The average molecular weight is 631 g/mol. The smallest absolute Gasteiger partial charge is 0.269 e. The number of halogens is 1. The van der Waals surface area contributed by atoms with Gasteiger partial charge in [0.2, 0.25) is 8.41 Å². The van der Waals surface area contributed by atoms with Gasteiger partial charge in [0.15, 0.2) is 6.61 Å². The highest BCUT2D eigenvalue weighted by molar-refractivity contribution is 6.72. The largest absolute Gasteiger partial charge is 0.490 e. The van der Waals surface area contributed by atoms with Crippen molar-refractivity contribution in [2.75, 3.05) is 25.2 Å². The van der Waals surface area contributed by atoms with Gasteiger partial charge in [-0.05, 0) is 55.4 Å². The van der Waals surface area contributed by atoms with Crippen LogP contribution in [0.3, 0.4) is 0 Å². The summed E-state index contributed by atoms with van der Waals surface area (Å²) in [5.74, 6) is 0.659. The molecule has 5 atom stereocenters. The molecule has 3 heterocycles. The van der Waals surface area contributed by atoms with E-state index in [0.29, 0.717) is 41.5 Å². The van der Waals surface area contributed by atoms with Crippen LogP contribution in [-0.2, 0) is 16.1 Å².